The molecule has 0 spiro atoms. The van der Waals surface area contributed by atoms with Crippen molar-refractivity contribution in [2.45, 2.75) is 13.3 Å². The zero-order valence-corrected chi connectivity index (χ0v) is 8.60. The molecule has 0 unspecified atom stereocenters. The van der Waals surface area contributed by atoms with E-state index in [0.29, 0.717) is 23.1 Å². The first-order valence-electron chi connectivity index (χ1n) is 4.68. The zero-order valence-electron chi connectivity index (χ0n) is 8.60. The van der Waals surface area contributed by atoms with Crippen LogP contribution in [-0.2, 0) is 6.42 Å². The van der Waals surface area contributed by atoms with Crippen molar-refractivity contribution in [1.82, 2.24) is 10.2 Å². The molecule has 0 aliphatic rings. The second kappa shape index (κ2) is 3.42. The van der Waals surface area contributed by atoms with Gasteiger partial charge < -0.3 is 10.5 Å². The fourth-order valence-electron chi connectivity index (χ4n) is 1.68. The van der Waals surface area contributed by atoms with Crippen molar-refractivity contribution >= 4 is 16.6 Å². The normalized spacial score (nSPS) is 10.9. The predicted octanol–water partition coefficient (Wildman–Crippen LogP) is 1.86. The van der Waals surface area contributed by atoms with E-state index in [4.69, 9.17) is 10.5 Å². The summed E-state index contributed by atoms with van der Waals surface area (Å²) in [7, 11) is 1.49. The van der Waals surface area contributed by atoms with Gasteiger partial charge in [-0.1, -0.05) is 6.92 Å². The number of ether oxygens (including phenoxy) is 1. The van der Waals surface area contributed by atoms with Gasteiger partial charge in [-0.3, -0.25) is 5.10 Å². The highest BCUT2D eigenvalue weighted by atomic mass is 19.1. The molecule has 0 fully saturated rings. The van der Waals surface area contributed by atoms with E-state index in [9.17, 15) is 4.39 Å². The van der Waals surface area contributed by atoms with Gasteiger partial charge in [0.15, 0.2) is 5.75 Å². The number of hydrogen-bond donors (Lipinski definition) is 2. The SMILES string of the molecule is CCc1[nH]nc2c(OC)c(N)cc(F)c12. The average Bonchev–Trinajstić information content (AvgIpc) is 2.62. The molecule has 0 saturated carbocycles. The smallest absolute Gasteiger partial charge is 0.170 e. The third-order valence-electron chi connectivity index (χ3n) is 2.40. The molecular weight excluding hydrogens is 197 g/mol. The lowest BCUT2D eigenvalue weighted by atomic mass is 10.1. The molecule has 1 heterocycles. The number of methoxy groups -OCH3 is 1. The number of nitrogens with one attached hydrogen (secondary N) is 1. The van der Waals surface area contributed by atoms with E-state index in [1.165, 1.54) is 13.2 Å². The van der Waals surface area contributed by atoms with Crippen molar-refractivity contribution in [3.05, 3.63) is 17.6 Å². The molecule has 0 radical (unpaired) electrons. The Hall–Kier alpha value is -1.78. The summed E-state index contributed by atoms with van der Waals surface area (Å²) in [6, 6.07) is 1.26. The van der Waals surface area contributed by atoms with E-state index in [-0.39, 0.29) is 11.5 Å². The van der Waals surface area contributed by atoms with Crippen molar-refractivity contribution in [2.24, 2.45) is 0 Å². The largest absolute Gasteiger partial charge is 0.492 e. The number of fused-ring (bicyclic) bond motifs is 1. The molecule has 2 rings (SSSR count). The molecule has 0 bridgehead atoms. The van der Waals surface area contributed by atoms with Crippen LogP contribution in [0.2, 0.25) is 0 Å². The molecule has 0 atom stereocenters. The number of aromatic nitrogens is 2. The maximum atomic E-state index is 13.6. The minimum Gasteiger partial charge on any atom is -0.492 e. The number of nitrogens with zero attached hydrogens (tertiary/aromatic N) is 1. The number of aryl methyl sites for hydroxylation is 1. The van der Waals surface area contributed by atoms with Crippen LogP contribution in [0.1, 0.15) is 12.6 Å². The number of aromatic amines is 1. The fourth-order valence-corrected chi connectivity index (χ4v) is 1.68. The van der Waals surface area contributed by atoms with Gasteiger partial charge in [-0.15, -0.1) is 0 Å². The summed E-state index contributed by atoms with van der Waals surface area (Å²) in [5.41, 5.74) is 7.09. The lowest BCUT2D eigenvalue weighted by Crippen LogP contribution is -1.95. The summed E-state index contributed by atoms with van der Waals surface area (Å²) in [5, 5.41) is 7.25. The van der Waals surface area contributed by atoms with E-state index in [2.05, 4.69) is 10.2 Å². The quantitative estimate of drug-likeness (QED) is 0.742. The number of nitrogens with two attached hydrogens (primary N) is 1. The molecule has 3 N–H and O–H groups in total. The summed E-state index contributed by atoms with van der Waals surface area (Å²) in [5.74, 6) is 0.0521. The van der Waals surface area contributed by atoms with Crippen LogP contribution < -0.4 is 10.5 Å². The minimum atomic E-state index is -0.367. The van der Waals surface area contributed by atoms with Gasteiger partial charge in [-0.25, -0.2) is 4.39 Å². The Balaban J connectivity index is 2.86. The van der Waals surface area contributed by atoms with Crippen LogP contribution in [0.15, 0.2) is 6.07 Å². The minimum absolute atomic E-state index is 0.261. The highest BCUT2D eigenvalue weighted by Crippen LogP contribution is 2.33. The van der Waals surface area contributed by atoms with Crippen LogP contribution in [0, 0.1) is 5.82 Å². The Morgan fingerprint density at radius 2 is 2.33 bits per heavy atom. The highest BCUT2D eigenvalue weighted by molar-refractivity contribution is 5.92. The summed E-state index contributed by atoms with van der Waals surface area (Å²) in [4.78, 5) is 0. The van der Waals surface area contributed by atoms with Crippen molar-refractivity contribution in [3.8, 4) is 5.75 Å². The van der Waals surface area contributed by atoms with Gasteiger partial charge in [-0.2, -0.15) is 5.10 Å². The van der Waals surface area contributed by atoms with Crippen LogP contribution in [0.5, 0.6) is 5.75 Å². The van der Waals surface area contributed by atoms with E-state index in [0.717, 1.165) is 5.69 Å². The highest BCUT2D eigenvalue weighted by Gasteiger charge is 2.16. The van der Waals surface area contributed by atoms with Crippen molar-refractivity contribution in [2.75, 3.05) is 12.8 Å². The van der Waals surface area contributed by atoms with Gasteiger partial charge in [0.05, 0.1) is 18.2 Å². The Bertz CT molecular complexity index is 507. The second-order valence-electron chi connectivity index (χ2n) is 3.26. The second-order valence-corrected chi connectivity index (χ2v) is 3.26. The van der Waals surface area contributed by atoms with Crippen LogP contribution in [0.4, 0.5) is 10.1 Å². The molecule has 1 aromatic carbocycles. The first-order valence-corrected chi connectivity index (χ1v) is 4.68. The number of nitrogen functional groups attached to an aromatic ring is 1. The van der Waals surface area contributed by atoms with Gasteiger partial charge in [0.25, 0.3) is 0 Å². The van der Waals surface area contributed by atoms with Crippen LogP contribution in [0.25, 0.3) is 10.9 Å². The van der Waals surface area contributed by atoms with Gasteiger partial charge in [-0.05, 0) is 6.42 Å². The molecule has 15 heavy (non-hydrogen) atoms. The molecular formula is C10H12FN3O. The van der Waals surface area contributed by atoms with Crippen LogP contribution >= 0.6 is 0 Å². The van der Waals surface area contributed by atoms with E-state index < -0.39 is 0 Å². The molecule has 0 amide bonds. The van der Waals surface area contributed by atoms with Gasteiger partial charge in [0.2, 0.25) is 0 Å². The summed E-state index contributed by atoms with van der Waals surface area (Å²) >= 11 is 0. The summed E-state index contributed by atoms with van der Waals surface area (Å²) in [6.45, 7) is 1.93. The van der Waals surface area contributed by atoms with Crippen molar-refractivity contribution in [1.29, 1.82) is 0 Å². The Labute approximate surface area is 86.2 Å². The molecule has 5 heteroatoms. The molecule has 4 nitrogen and oxygen atoms in total. The van der Waals surface area contributed by atoms with Crippen molar-refractivity contribution < 1.29 is 9.13 Å². The van der Waals surface area contributed by atoms with Crippen LogP contribution in [-0.4, -0.2) is 17.3 Å². The summed E-state index contributed by atoms with van der Waals surface area (Å²) < 4.78 is 18.7. The van der Waals surface area contributed by atoms with Crippen LogP contribution in [0.3, 0.4) is 0 Å². The Morgan fingerprint density at radius 1 is 1.60 bits per heavy atom. The topological polar surface area (TPSA) is 63.9 Å². The monoisotopic (exact) mass is 209 g/mol. The summed E-state index contributed by atoms with van der Waals surface area (Å²) in [6.07, 6.45) is 0.681. The maximum absolute atomic E-state index is 13.6. The average molecular weight is 209 g/mol. The number of halogens is 1. The standard InChI is InChI=1S/C10H12FN3O/c1-3-7-8-5(11)4-6(12)10(15-2)9(8)14-13-7/h4H,3,12H2,1-2H3,(H,13,14). The Morgan fingerprint density at radius 3 is 2.93 bits per heavy atom. The third kappa shape index (κ3) is 1.31. The predicted molar refractivity (Wildman–Crippen MR) is 56.4 cm³/mol. The molecule has 80 valence electrons. The van der Waals surface area contributed by atoms with E-state index >= 15 is 0 Å². The molecule has 0 aliphatic carbocycles. The number of rotatable bonds is 2. The lowest BCUT2D eigenvalue weighted by molar-refractivity contribution is 0.420. The number of hydrogen-bond acceptors (Lipinski definition) is 3. The van der Waals surface area contributed by atoms with Gasteiger partial charge >= 0.3 is 0 Å². The van der Waals surface area contributed by atoms with Gasteiger partial charge in [0.1, 0.15) is 11.3 Å². The molecule has 1 aromatic heterocycles. The first-order chi connectivity index (χ1) is 7.19. The lowest BCUT2D eigenvalue weighted by Gasteiger charge is -2.05. The van der Waals surface area contributed by atoms with E-state index in [1.54, 1.807) is 0 Å². The van der Waals surface area contributed by atoms with Gasteiger partial charge in [0, 0.05) is 11.8 Å². The fraction of sp³-hybridized carbons (Fsp3) is 0.300. The maximum Gasteiger partial charge on any atom is 0.170 e. The van der Waals surface area contributed by atoms with E-state index in [1.807, 2.05) is 6.92 Å². The number of benzene rings is 1. The van der Waals surface area contributed by atoms with Crippen molar-refractivity contribution in [3.63, 3.8) is 0 Å². The number of H-pyrrole nitrogens is 1. The molecule has 0 aliphatic heterocycles. The molecule has 2 aromatic rings. The zero-order chi connectivity index (χ0) is 11.0. The number of anilines is 1. The first kappa shape index (κ1) is 9.76. The molecule has 0 saturated heterocycles. The third-order valence-corrected chi connectivity index (χ3v) is 2.40. The Kier molecular flexibility index (Phi) is 2.22.